The zero-order valence-corrected chi connectivity index (χ0v) is 33.2. The number of benzene rings is 9. The van der Waals surface area contributed by atoms with Crippen LogP contribution in [0.1, 0.15) is 11.1 Å². The van der Waals surface area contributed by atoms with Crippen molar-refractivity contribution in [1.29, 1.82) is 5.26 Å². The normalized spacial score (nSPS) is 12.6. The van der Waals surface area contributed by atoms with E-state index in [9.17, 15) is 5.26 Å². The molecule has 13 rings (SSSR count). The van der Waals surface area contributed by atoms with E-state index in [1.807, 2.05) is 18.2 Å². The molecule has 282 valence electrons. The minimum Gasteiger partial charge on any atom is -0.455 e. The van der Waals surface area contributed by atoms with E-state index >= 15 is 0 Å². The van der Waals surface area contributed by atoms with Crippen LogP contribution in [0.4, 0.5) is 17.1 Å². The molecule has 11 aromatic rings. The standard InChI is InChI=1S/C56H34BN3O/c1-34-44(38-20-14-15-35(27-38)33-58)32-50-54-52(34)46-31-45-42-21-9-13-26-51(42)61-56(45)53-43-22-8-11-24-48(43)60(55(46)53)57(54)47-23-10-12-25-49(47)59(50)41-29-39(36-16-4-2-5-17-36)28-40(30-41)37-18-6-3-7-19-37/h2-32H,1H3. The maximum Gasteiger partial charge on any atom is 0.333 e. The number of fused-ring (bicyclic) bond motifs is 11. The summed E-state index contributed by atoms with van der Waals surface area (Å²) in [6.07, 6.45) is 0. The lowest BCUT2D eigenvalue weighted by molar-refractivity contribution is 0.673. The van der Waals surface area contributed by atoms with Gasteiger partial charge in [-0.05, 0) is 123 Å². The first-order chi connectivity index (χ1) is 30.1. The van der Waals surface area contributed by atoms with Gasteiger partial charge in [0.1, 0.15) is 11.2 Å². The number of nitrogens with zero attached hydrogens (tertiary/aromatic N) is 3. The predicted octanol–water partition coefficient (Wildman–Crippen LogP) is 13.3. The van der Waals surface area contributed by atoms with E-state index in [-0.39, 0.29) is 6.85 Å². The number of para-hydroxylation sites is 3. The highest BCUT2D eigenvalue weighted by molar-refractivity contribution is 6.90. The van der Waals surface area contributed by atoms with E-state index in [0.29, 0.717) is 5.56 Å². The molecule has 0 atom stereocenters. The Kier molecular flexibility index (Phi) is 7.06. The van der Waals surface area contributed by atoms with Gasteiger partial charge in [-0.2, -0.15) is 5.26 Å². The Balaban J connectivity index is 1.21. The first kappa shape index (κ1) is 33.9. The Morgan fingerprint density at radius 3 is 1.98 bits per heavy atom. The summed E-state index contributed by atoms with van der Waals surface area (Å²) < 4.78 is 9.44. The van der Waals surface area contributed by atoms with Crippen LogP contribution >= 0.6 is 0 Å². The van der Waals surface area contributed by atoms with E-state index in [0.717, 1.165) is 77.8 Å². The van der Waals surface area contributed by atoms with Crippen LogP contribution in [-0.2, 0) is 0 Å². The third kappa shape index (κ3) is 4.76. The first-order valence-corrected chi connectivity index (χ1v) is 20.8. The van der Waals surface area contributed by atoms with Gasteiger partial charge in [-0.25, -0.2) is 0 Å². The van der Waals surface area contributed by atoms with Crippen LogP contribution in [0, 0.1) is 18.3 Å². The zero-order chi connectivity index (χ0) is 40.3. The topological polar surface area (TPSA) is 45.1 Å². The van der Waals surface area contributed by atoms with Crippen molar-refractivity contribution in [3.05, 3.63) is 199 Å². The summed E-state index contributed by atoms with van der Waals surface area (Å²) in [5, 5.41) is 14.7. The number of furan rings is 1. The van der Waals surface area contributed by atoms with Gasteiger partial charge in [0.2, 0.25) is 0 Å². The van der Waals surface area contributed by atoms with Crippen LogP contribution < -0.4 is 15.8 Å². The first-order valence-electron chi connectivity index (χ1n) is 20.8. The van der Waals surface area contributed by atoms with Crippen LogP contribution in [0.25, 0.3) is 88.3 Å². The van der Waals surface area contributed by atoms with Crippen molar-refractivity contribution in [3.8, 4) is 50.6 Å². The molecule has 2 aromatic heterocycles. The highest BCUT2D eigenvalue weighted by Crippen LogP contribution is 2.51. The van der Waals surface area contributed by atoms with E-state index < -0.39 is 0 Å². The minimum atomic E-state index is -0.127. The number of hydrogen-bond acceptors (Lipinski definition) is 3. The molecule has 0 unspecified atom stereocenters. The van der Waals surface area contributed by atoms with Gasteiger partial charge in [0, 0.05) is 49.8 Å². The largest absolute Gasteiger partial charge is 0.455 e. The molecule has 0 bridgehead atoms. The predicted molar refractivity (Wildman–Crippen MR) is 253 cm³/mol. The molecule has 0 amide bonds. The molecule has 0 saturated heterocycles. The van der Waals surface area contributed by atoms with E-state index in [1.54, 1.807) is 0 Å². The van der Waals surface area contributed by atoms with Crippen LogP contribution in [0.3, 0.4) is 0 Å². The average molecular weight is 776 g/mol. The summed E-state index contributed by atoms with van der Waals surface area (Å²) in [5.41, 5.74) is 21.0. The fraction of sp³-hybridized carbons (Fsp3) is 0.0179. The summed E-state index contributed by atoms with van der Waals surface area (Å²) in [7, 11) is 0. The second-order valence-corrected chi connectivity index (χ2v) is 16.4. The third-order valence-electron chi connectivity index (χ3n) is 13.1. The lowest BCUT2D eigenvalue weighted by Gasteiger charge is -2.41. The van der Waals surface area contributed by atoms with E-state index in [1.165, 1.54) is 44.0 Å². The van der Waals surface area contributed by atoms with Gasteiger partial charge in [0.15, 0.2) is 0 Å². The summed E-state index contributed by atoms with van der Waals surface area (Å²) in [6, 6.07) is 69.9. The van der Waals surface area contributed by atoms with Gasteiger partial charge in [-0.3, -0.25) is 0 Å². The molecule has 61 heavy (non-hydrogen) atoms. The highest BCUT2D eigenvalue weighted by atomic mass is 16.3. The van der Waals surface area contributed by atoms with Gasteiger partial charge in [-0.1, -0.05) is 127 Å². The second kappa shape index (κ2) is 12.7. The molecule has 2 aliphatic heterocycles. The number of rotatable bonds is 4. The molecule has 0 saturated carbocycles. The molecule has 0 N–H and O–H groups in total. The maximum atomic E-state index is 10.1. The van der Waals surface area contributed by atoms with Crippen LogP contribution in [0.2, 0.25) is 0 Å². The monoisotopic (exact) mass is 775 g/mol. The van der Waals surface area contributed by atoms with Crippen molar-refractivity contribution in [3.63, 3.8) is 0 Å². The van der Waals surface area contributed by atoms with Crippen molar-refractivity contribution in [2.45, 2.75) is 6.92 Å². The fourth-order valence-corrected chi connectivity index (χ4v) is 10.6. The number of anilines is 3. The van der Waals surface area contributed by atoms with Gasteiger partial charge < -0.3 is 13.8 Å². The second-order valence-electron chi connectivity index (χ2n) is 16.4. The third-order valence-corrected chi connectivity index (χ3v) is 13.1. The molecule has 9 aromatic carbocycles. The summed E-state index contributed by atoms with van der Waals surface area (Å²) in [4.78, 5) is 2.50. The van der Waals surface area contributed by atoms with Crippen molar-refractivity contribution in [2.24, 2.45) is 0 Å². The van der Waals surface area contributed by atoms with Gasteiger partial charge in [0.25, 0.3) is 0 Å². The number of hydrogen-bond donors (Lipinski definition) is 0. The van der Waals surface area contributed by atoms with Crippen molar-refractivity contribution >= 4 is 78.6 Å². The van der Waals surface area contributed by atoms with Crippen molar-refractivity contribution in [1.82, 2.24) is 4.48 Å². The summed E-state index contributed by atoms with van der Waals surface area (Å²) in [6.45, 7) is 2.15. The Morgan fingerprint density at radius 2 is 1.21 bits per heavy atom. The quantitative estimate of drug-likeness (QED) is 0.167. The fourth-order valence-electron chi connectivity index (χ4n) is 10.6. The van der Waals surface area contributed by atoms with Gasteiger partial charge in [-0.15, -0.1) is 0 Å². The van der Waals surface area contributed by atoms with Crippen molar-refractivity contribution in [2.75, 3.05) is 4.90 Å². The molecule has 4 heterocycles. The Bertz CT molecular complexity index is 3630. The average Bonchev–Trinajstić information content (AvgIpc) is 3.87. The number of nitriles is 1. The molecule has 2 aliphatic rings. The lowest BCUT2D eigenvalue weighted by Crippen LogP contribution is -2.56. The molecule has 0 fully saturated rings. The lowest BCUT2D eigenvalue weighted by atomic mass is 9.44. The Hall–Kier alpha value is -8.07. The van der Waals surface area contributed by atoms with Crippen LogP contribution in [0.5, 0.6) is 0 Å². The molecule has 0 radical (unpaired) electrons. The van der Waals surface area contributed by atoms with E-state index in [2.05, 4.69) is 192 Å². The maximum absolute atomic E-state index is 10.1. The molecular formula is C56H34BN3O. The molecule has 4 nitrogen and oxygen atoms in total. The minimum absolute atomic E-state index is 0.127. The zero-order valence-electron chi connectivity index (χ0n) is 33.2. The number of aromatic nitrogens is 1. The molecular weight excluding hydrogens is 741 g/mol. The summed E-state index contributed by atoms with van der Waals surface area (Å²) >= 11 is 0. The molecule has 0 spiro atoms. The smallest absolute Gasteiger partial charge is 0.333 e. The Morgan fingerprint density at radius 1 is 0.541 bits per heavy atom. The van der Waals surface area contributed by atoms with Crippen LogP contribution in [0.15, 0.2) is 192 Å². The van der Waals surface area contributed by atoms with E-state index in [4.69, 9.17) is 4.42 Å². The Labute approximate surface area is 352 Å². The SMILES string of the molecule is Cc1c(-c2cccc(C#N)c2)cc2c3c1-c1cc4c5ccccc5oc4c4c5ccccc5n(c14)B3c1ccccc1N2c1cc(-c2ccccc2)cc(-c2ccccc2)c1. The van der Waals surface area contributed by atoms with Gasteiger partial charge in [0.05, 0.1) is 17.0 Å². The van der Waals surface area contributed by atoms with Gasteiger partial charge >= 0.3 is 6.85 Å². The summed E-state index contributed by atoms with van der Waals surface area (Å²) in [5.74, 6) is 0. The molecule has 0 aliphatic carbocycles. The van der Waals surface area contributed by atoms with Crippen molar-refractivity contribution < 1.29 is 4.42 Å². The van der Waals surface area contributed by atoms with Crippen LogP contribution in [-0.4, -0.2) is 11.3 Å². The molecule has 5 heteroatoms. The highest BCUT2D eigenvalue weighted by Gasteiger charge is 2.44.